The van der Waals surface area contributed by atoms with E-state index < -0.39 is 11.9 Å². The molecule has 0 aromatic carbocycles. The molecule has 0 spiro atoms. The molecule has 0 radical (unpaired) electrons. The summed E-state index contributed by atoms with van der Waals surface area (Å²) < 4.78 is 37.2. The monoisotopic (exact) mass is 248 g/mol. The van der Waals surface area contributed by atoms with Crippen molar-refractivity contribution in [1.29, 1.82) is 0 Å². The largest absolute Gasteiger partial charge is 0.433 e. The number of nitrogens with zero attached hydrogens (tertiary/aromatic N) is 2. The molecule has 1 heterocycles. The molecule has 1 aromatic rings. The van der Waals surface area contributed by atoms with Gasteiger partial charge in [0.2, 0.25) is 5.95 Å². The van der Waals surface area contributed by atoms with Gasteiger partial charge in [0.1, 0.15) is 5.69 Å². The third kappa shape index (κ3) is 3.85. The van der Waals surface area contributed by atoms with E-state index in [1.165, 1.54) is 0 Å². The van der Waals surface area contributed by atoms with Crippen LogP contribution in [0.3, 0.4) is 0 Å². The van der Waals surface area contributed by atoms with E-state index in [4.69, 9.17) is 5.73 Å². The van der Waals surface area contributed by atoms with Gasteiger partial charge in [-0.3, -0.25) is 0 Å². The van der Waals surface area contributed by atoms with Crippen LogP contribution in [0.25, 0.3) is 0 Å². The third-order valence-corrected chi connectivity index (χ3v) is 2.53. The average molecular weight is 248 g/mol. The van der Waals surface area contributed by atoms with Gasteiger partial charge < -0.3 is 11.1 Å². The highest BCUT2D eigenvalue weighted by Crippen LogP contribution is 2.27. The molecule has 1 aromatic heterocycles. The minimum Gasteiger partial charge on any atom is -0.351 e. The van der Waals surface area contributed by atoms with Crippen LogP contribution in [0.1, 0.15) is 19.5 Å². The van der Waals surface area contributed by atoms with E-state index in [-0.39, 0.29) is 17.9 Å². The zero-order chi connectivity index (χ0) is 13.1. The van der Waals surface area contributed by atoms with Crippen LogP contribution < -0.4 is 11.1 Å². The predicted molar refractivity (Wildman–Crippen MR) is 58.3 cm³/mol. The molecular weight excluding hydrogens is 233 g/mol. The molecule has 3 N–H and O–H groups in total. The number of hydrogen-bond acceptors (Lipinski definition) is 4. The highest BCUT2D eigenvalue weighted by Gasteiger charge is 2.32. The van der Waals surface area contributed by atoms with Crippen LogP contribution in [0.5, 0.6) is 0 Å². The lowest BCUT2D eigenvalue weighted by Crippen LogP contribution is -2.30. The van der Waals surface area contributed by atoms with Gasteiger partial charge in [-0.25, -0.2) is 9.97 Å². The van der Waals surface area contributed by atoms with E-state index >= 15 is 0 Å². The Morgan fingerprint density at radius 1 is 1.41 bits per heavy atom. The van der Waals surface area contributed by atoms with E-state index in [1.54, 1.807) is 0 Å². The van der Waals surface area contributed by atoms with Crippen LogP contribution in [0.15, 0.2) is 12.3 Å². The molecule has 17 heavy (non-hydrogen) atoms. The molecule has 1 rings (SSSR count). The fourth-order valence-corrected chi connectivity index (χ4v) is 1.14. The molecule has 0 fully saturated rings. The Hall–Kier alpha value is -1.37. The first kappa shape index (κ1) is 13.7. The molecule has 0 bridgehead atoms. The summed E-state index contributed by atoms with van der Waals surface area (Å²) in [5.74, 6) is 0.0840. The second-order valence-corrected chi connectivity index (χ2v) is 3.91. The van der Waals surface area contributed by atoms with Gasteiger partial charge in [-0.05, 0) is 25.5 Å². The third-order valence-electron chi connectivity index (χ3n) is 2.53. The number of hydrogen-bond donors (Lipinski definition) is 2. The van der Waals surface area contributed by atoms with Crippen molar-refractivity contribution in [2.75, 3.05) is 11.9 Å². The summed E-state index contributed by atoms with van der Waals surface area (Å²) in [6.07, 6.45) is -3.37. The Labute approximate surface area is 97.4 Å². The smallest absolute Gasteiger partial charge is 0.351 e. The highest BCUT2D eigenvalue weighted by molar-refractivity contribution is 5.27. The molecule has 0 aliphatic rings. The first-order valence-electron chi connectivity index (χ1n) is 5.21. The molecule has 0 saturated heterocycles. The van der Waals surface area contributed by atoms with E-state index in [9.17, 15) is 13.2 Å². The Balaban J connectivity index is 2.79. The lowest BCUT2D eigenvalue weighted by molar-refractivity contribution is -0.141. The molecule has 0 aliphatic carbocycles. The quantitative estimate of drug-likeness (QED) is 0.854. The topological polar surface area (TPSA) is 63.8 Å². The number of nitrogens with two attached hydrogens (primary N) is 1. The van der Waals surface area contributed by atoms with Gasteiger partial charge >= 0.3 is 6.18 Å². The van der Waals surface area contributed by atoms with Gasteiger partial charge in [0.05, 0.1) is 0 Å². The fraction of sp³-hybridized carbons (Fsp3) is 0.600. The number of nitrogens with one attached hydrogen (secondary N) is 1. The van der Waals surface area contributed by atoms with Gasteiger partial charge in [0.25, 0.3) is 0 Å². The lowest BCUT2D eigenvalue weighted by Gasteiger charge is -2.19. The van der Waals surface area contributed by atoms with Crippen molar-refractivity contribution in [3.63, 3.8) is 0 Å². The maximum absolute atomic E-state index is 12.4. The summed E-state index contributed by atoms with van der Waals surface area (Å²) in [7, 11) is 0. The number of aromatic nitrogens is 2. The molecule has 2 unspecified atom stereocenters. The van der Waals surface area contributed by atoms with Crippen LogP contribution >= 0.6 is 0 Å². The zero-order valence-corrected chi connectivity index (χ0v) is 9.62. The minimum absolute atomic E-state index is 0.0346. The second-order valence-electron chi connectivity index (χ2n) is 3.91. The Morgan fingerprint density at radius 2 is 2.06 bits per heavy atom. The zero-order valence-electron chi connectivity index (χ0n) is 9.62. The molecule has 4 nitrogen and oxygen atoms in total. The van der Waals surface area contributed by atoms with Crippen molar-refractivity contribution in [3.8, 4) is 0 Å². The standard InChI is InChI=1S/C10H15F3N4/c1-6(5-14)7(2)16-9-15-4-3-8(17-9)10(11,12)13/h3-4,6-7H,5,14H2,1-2H3,(H,15,16,17). The molecule has 0 amide bonds. The Bertz CT molecular complexity index is 367. The molecule has 0 saturated carbocycles. The van der Waals surface area contributed by atoms with Crippen LogP contribution in [0, 0.1) is 5.92 Å². The molecule has 2 atom stereocenters. The Kier molecular flexibility index (Phi) is 4.28. The average Bonchev–Trinajstić information content (AvgIpc) is 2.27. The van der Waals surface area contributed by atoms with E-state index in [0.717, 1.165) is 12.3 Å². The van der Waals surface area contributed by atoms with E-state index in [2.05, 4.69) is 15.3 Å². The summed E-state index contributed by atoms with van der Waals surface area (Å²) in [4.78, 5) is 7.16. The van der Waals surface area contributed by atoms with Gasteiger partial charge in [0, 0.05) is 12.2 Å². The van der Waals surface area contributed by atoms with Gasteiger partial charge in [0.15, 0.2) is 0 Å². The molecule has 7 heteroatoms. The molecule has 96 valence electrons. The number of alkyl halides is 3. The first-order chi connectivity index (χ1) is 7.84. The number of rotatable bonds is 4. The number of halogens is 3. The van der Waals surface area contributed by atoms with Gasteiger partial charge in [-0.1, -0.05) is 6.92 Å². The highest BCUT2D eigenvalue weighted by atomic mass is 19.4. The summed E-state index contributed by atoms with van der Waals surface area (Å²) in [5.41, 5.74) is 4.51. The summed E-state index contributed by atoms with van der Waals surface area (Å²) in [5, 5.41) is 2.80. The summed E-state index contributed by atoms with van der Waals surface area (Å²) in [6.45, 7) is 4.15. The van der Waals surface area contributed by atoms with Crippen molar-refractivity contribution in [2.45, 2.75) is 26.1 Å². The normalized spacial score (nSPS) is 15.4. The Morgan fingerprint density at radius 3 is 2.59 bits per heavy atom. The summed E-state index contributed by atoms with van der Waals surface area (Å²) >= 11 is 0. The maximum Gasteiger partial charge on any atom is 0.433 e. The van der Waals surface area contributed by atoms with Crippen molar-refractivity contribution in [3.05, 3.63) is 18.0 Å². The van der Waals surface area contributed by atoms with E-state index in [1.807, 2.05) is 13.8 Å². The SMILES string of the molecule is CC(CN)C(C)Nc1nccc(C(F)(F)F)n1. The second kappa shape index (κ2) is 5.31. The van der Waals surface area contributed by atoms with Crippen LogP contribution in [0.4, 0.5) is 19.1 Å². The van der Waals surface area contributed by atoms with Gasteiger partial charge in [-0.15, -0.1) is 0 Å². The lowest BCUT2D eigenvalue weighted by atomic mass is 10.0. The van der Waals surface area contributed by atoms with Crippen LogP contribution in [-0.2, 0) is 6.18 Å². The first-order valence-corrected chi connectivity index (χ1v) is 5.21. The molecule has 0 aliphatic heterocycles. The minimum atomic E-state index is -4.46. The van der Waals surface area contributed by atoms with Crippen molar-refractivity contribution in [2.24, 2.45) is 11.7 Å². The van der Waals surface area contributed by atoms with Crippen LogP contribution in [-0.4, -0.2) is 22.6 Å². The number of anilines is 1. The van der Waals surface area contributed by atoms with Crippen molar-refractivity contribution in [1.82, 2.24) is 9.97 Å². The van der Waals surface area contributed by atoms with Crippen molar-refractivity contribution >= 4 is 5.95 Å². The van der Waals surface area contributed by atoms with Gasteiger partial charge in [-0.2, -0.15) is 13.2 Å². The van der Waals surface area contributed by atoms with Crippen LogP contribution in [0.2, 0.25) is 0 Å². The van der Waals surface area contributed by atoms with Crippen molar-refractivity contribution < 1.29 is 13.2 Å². The summed E-state index contributed by atoms with van der Waals surface area (Å²) in [6, 6.07) is 0.742. The molecular formula is C10H15F3N4. The maximum atomic E-state index is 12.4. The fourth-order valence-electron chi connectivity index (χ4n) is 1.14. The predicted octanol–water partition coefficient (Wildman–Crippen LogP) is 1.89. The van der Waals surface area contributed by atoms with E-state index in [0.29, 0.717) is 6.54 Å².